The summed E-state index contributed by atoms with van der Waals surface area (Å²) in [7, 11) is 5.32. The van der Waals surface area contributed by atoms with Crippen LogP contribution >= 0.6 is 0 Å². The Morgan fingerprint density at radius 3 is 2.83 bits per heavy atom. The minimum absolute atomic E-state index is 0.0473. The van der Waals surface area contributed by atoms with E-state index in [2.05, 4.69) is 21.4 Å². The lowest BCUT2D eigenvalue weighted by atomic mass is 10.2. The van der Waals surface area contributed by atoms with Crippen molar-refractivity contribution < 1.29 is 4.74 Å². The van der Waals surface area contributed by atoms with Gasteiger partial charge in [0, 0.05) is 33.8 Å². The largest absolute Gasteiger partial charge is 0.377 e. The number of hydrogen-bond donors (Lipinski definition) is 1. The molecule has 0 saturated carbocycles. The van der Waals surface area contributed by atoms with Gasteiger partial charge in [0.15, 0.2) is 5.82 Å². The molecular weight excluding hydrogens is 230 g/mol. The lowest BCUT2D eigenvalue weighted by molar-refractivity contribution is 0.178. The molecule has 1 rings (SSSR count). The highest BCUT2D eigenvalue weighted by Gasteiger charge is 2.10. The molecule has 0 aliphatic carbocycles. The predicted octanol–water partition coefficient (Wildman–Crippen LogP) is 1.26. The third-order valence-corrected chi connectivity index (χ3v) is 2.45. The Balaban J connectivity index is 2.93. The van der Waals surface area contributed by atoms with Crippen molar-refractivity contribution in [2.75, 3.05) is 38.0 Å². The number of nitrogens with one attached hydrogen (secondary N) is 1. The molecule has 1 atom stereocenters. The van der Waals surface area contributed by atoms with Crippen LogP contribution in [0.2, 0.25) is 0 Å². The fourth-order valence-corrected chi connectivity index (χ4v) is 1.55. The monoisotopic (exact) mass is 249 g/mol. The Morgan fingerprint density at radius 1 is 1.56 bits per heavy atom. The summed E-state index contributed by atoms with van der Waals surface area (Å²) in [4.78, 5) is 10.6. The Hall–Kier alpha value is -1.87. The zero-order valence-electron chi connectivity index (χ0n) is 11.3. The van der Waals surface area contributed by atoms with Gasteiger partial charge in [-0.25, -0.2) is 9.97 Å². The van der Waals surface area contributed by atoms with Crippen molar-refractivity contribution in [3.8, 4) is 6.07 Å². The highest BCUT2D eigenvalue weighted by molar-refractivity contribution is 5.48. The molecule has 18 heavy (non-hydrogen) atoms. The first kappa shape index (κ1) is 14.2. The second-order valence-corrected chi connectivity index (χ2v) is 4.12. The van der Waals surface area contributed by atoms with Crippen LogP contribution in [0.5, 0.6) is 0 Å². The van der Waals surface area contributed by atoms with Crippen LogP contribution in [0.15, 0.2) is 6.07 Å². The Kier molecular flexibility index (Phi) is 5.33. The van der Waals surface area contributed by atoms with E-state index < -0.39 is 0 Å². The number of hydrogen-bond acceptors (Lipinski definition) is 6. The normalized spacial score (nSPS) is 11.7. The van der Waals surface area contributed by atoms with Crippen LogP contribution in [0.3, 0.4) is 0 Å². The molecule has 0 aliphatic heterocycles. The summed E-state index contributed by atoms with van der Waals surface area (Å²) in [5, 5.41) is 11.8. The van der Waals surface area contributed by atoms with Gasteiger partial charge in [-0.1, -0.05) is 0 Å². The zero-order valence-corrected chi connectivity index (χ0v) is 11.3. The third-order valence-electron chi connectivity index (χ3n) is 2.45. The van der Waals surface area contributed by atoms with Crippen LogP contribution in [0.25, 0.3) is 0 Å². The molecule has 0 saturated heterocycles. The van der Waals surface area contributed by atoms with Gasteiger partial charge in [0.1, 0.15) is 18.2 Å². The molecule has 0 radical (unpaired) electrons. The second kappa shape index (κ2) is 6.77. The molecule has 1 aromatic heterocycles. The summed E-state index contributed by atoms with van der Waals surface area (Å²) in [5.41, 5.74) is 0. The molecule has 1 N–H and O–H groups in total. The number of nitriles is 1. The molecule has 1 heterocycles. The summed E-state index contributed by atoms with van der Waals surface area (Å²) in [6.07, 6.45) is 0. The summed E-state index contributed by atoms with van der Waals surface area (Å²) in [6, 6.07) is 4.06. The number of nitrogens with zero attached hydrogens (tertiary/aromatic N) is 4. The van der Waals surface area contributed by atoms with E-state index in [4.69, 9.17) is 10.00 Å². The van der Waals surface area contributed by atoms with Gasteiger partial charge in [-0.15, -0.1) is 0 Å². The summed E-state index contributed by atoms with van der Waals surface area (Å²) >= 11 is 0. The van der Waals surface area contributed by atoms with Crippen molar-refractivity contribution in [1.29, 1.82) is 5.26 Å². The van der Waals surface area contributed by atoms with E-state index in [0.717, 1.165) is 11.6 Å². The topological polar surface area (TPSA) is 74.1 Å². The van der Waals surface area contributed by atoms with Crippen molar-refractivity contribution in [2.45, 2.75) is 13.5 Å². The van der Waals surface area contributed by atoms with Gasteiger partial charge < -0.3 is 15.0 Å². The molecular formula is C12H19N5O. The molecule has 0 spiro atoms. The molecule has 0 fully saturated rings. The van der Waals surface area contributed by atoms with Crippen LogP contribution < -0.4 is 10.2 Å². The van der Waals surface area contributed by atoms with E-state index in [1.807, 2.05) is 24.9 Å². The van der Waals surface area contributed by atoms with Crippen LogP contribution in [-0.4, -0.2) is 37.7 Å². The van der Waals surface area contributed by atoms with Gasteiger partial charge in [-0.2, -0.15) is 5.26 Å². The van der Waals surface area contributed by atoms with Gasteiger partial charge in [0.25, 0.3) is 0 Å². The van der Waals surface area contributed by atoms with Crippen LogP contribution in [0.1, 0.15) is 12.7 Å². The molecule has 0 amide bonds. The number of rotatable bonds is 6. The smallest absolute Gasteiger partial charge is 0.158 e. The number of ether oxygens (including phenoxy) is 1. The minimum atomic E-state index is -0.0473. The van der Waals surface area contributed by atoms with E-state index in [-0.39, 0.29) is 5.92 Å². The molecule has 6 nitrogen and oxygen atoms in total. The molecule has 1 unspecified atom stereocenters. The maximum absolute atomic E-state index is 8.83. The highest BCUT2D eigenvalue weighted by atomic mass is 16.5. The standard InChI is InChI=1S/C12H19N5O/c1-9(6-13)7-17(3)12-5-10(14-2)15-11(16-12)8-18-4/h5,9H,7-8H2,1-4H3,(H,14,15,16). The molecule has 0 bridgehead atoms. The SMILES string of the molecule is CNc1cc(N(C)CC(C)C#N)nc(COC)n1. The quantitative estimate of drug-likeness (QED) is 0.818. The minimum Gasteiger partial charge on any atom is -0.377 e. The van der Waals surface area contributed by atoms with Crippen molar-refractivity contribution in [2.24, 2.45) is 5.92 Å². The fourth-order valence-electron chi connectivity index (χ4n) is 1.55. The Bertz CT molecular complexity index is 429. The Labute approximate surface area is 108 Å². The lowest BCUT2D eigenvalue weighted by Crippen LogP contribution is -2.25. The summed E-state index contributed by atoms with van der Waals surface area (Å²) in [6.45, 7) is 2.87. The van der Waals surface area contributed by atoms with E-state index in [1.165, 1.54) is 0 Å². The zero-order chi connectivity index (χ0) is 13.5. The van der Waals surface area contributed by atoms with E-state index in [9.17, 15) is 0 Å². The van der Waals surface area contributed by atoms with Gasteiger partial charge >= 0.3 is 0 Å². The lowest BCUT2D eigenvalue weighted by Gasteiger charge is -2.20. The van der Waals surface area contributed by atoms with Crippen LogP contribution in [0, 0.1) is 17.2 Å². The molecule has 98 valence electrons. The van der Waals surface area contributed by atoms with Gasteiger partial charge in [-0.05, 0) is 6.92 Å². The second-order valence-electron chi connectivity index (χ2n) is 4.12. The highest BCUT2D eigenvalue weighted by Crippen LogP contribution is 2.16. The van der Waals surface area contributed by atoms with Gasteiger partial charge in [-0.3, -0.25) is 0 Å². The molecule has 6 heteroatoms. The molecule has 0 aliphatic rings. The van der Waals surface area contributed by atoms with E-state index >= 15 is 0 Å². The number of methoxy groups -OCH3 is 1. The first-order chi connectivity index (χ1) is 8.60. The summed E-state index contributed by atoms with van der Waals surface area (Å²) in [5.74, 6) is 2.09. The molecule has 0 aromatic carbocycles. The third kappa shape index (κ3) is 3.86. The van der Waals surface area contributed by atoms with Crippen molar-refractivity contribution in [3.05, 3.63) is 11.9 Å². The number of aromatic nitrogens is 2. The summed E-state index contributed by atoms with van der Waals surface area (Å²) < 4.78 is 5.04. The maximum atomic E-state index is 8.83. The first-order valence-corrected chi connectivity index (χ1v) is 5.76. The first-order valence-electron chi connectivity index (χ1n) is 5.76. The predicted molar refractivity (Wildman–Crippen MR) is 70.3 cm³/mol. The van der Waals surface area contributed by atoms with Gasteiger partial charge in [0.2, 0.25) is 0 Å². The van der Waals surface area contributed by atoms with Gasteiger partial charge in [0.05, 0.1) is 12.0 Å². The molecule has 1 aromatic rings. The average molecular weight is 249 g/mol. The number of anilines is 2. The van der Waals surface area contributed by atoms with E-state index in [1.54, 1.807) is 14.2 Å². The Morgan fingerprint density at radius 2 is 2.28 bits per heavy atom. The van der Waals surface area contributed by atoms with Crippen LogP contribution in [-0.2, 0) is 11.3 Å². The average Bonchev–Trinajstić information content (AvgIpc) is 2.38. The van der Waals surface area contributed by atoms with Crippen molar-refractivity contribution in [3.63, 3.8) is 0 Å². The maximum Gasteiger partial charge on any atom is 0.158 e. The van der Waals surface area contributed by atoms with Crippen molar-refractivity contribution in [1.82, 2.24) is 9.97 Å². The fraction of sp³-hybridized carbons (Fsp3) is 0.583. The van der Waals surface area contributed by atoms with Crippen LogP contribution in [0.4, 0.5) is 11.6 Å². The van der Waals surface area contributed by atoms with Crippen molar-refractivity contribution >= 4 is 11.6 Å². The van der Waals surface area contributed by atoms with E-state index in [0.29, 0.717) is 19.0 Å².